The van der Waals surface area contributed by atoms with Crippen molar-refractivity contribution in [1.29, 1.82) is 0 Å². The standard InChI is InChI=1S/C60H39N/c1-4-18-44(19-5-1)60(45-20-6-2-7-21-45)54-26-14-12-24-47(54)51-34-33-50-52-37-41(30-32-49(52)57(58(50)59(51)60)43-29-28-39-16-10-11-17-40(39)36-43)42-31-35-56-53(38-42)48-25-13-15-27-55(48)61(56)46-22-8-3-9-23-46/h1-38,57H. The molecule has 284 valence electrons. The van der Waals surface area contributed by atoms with Crippen molar-refractivity contribution in [2.45, 2.75) is 11.3 Å². The molecule has 1 unspecified atom stereocenters. The predicted octanol–water partition coefficient (Wildman–Crippen LogP) is 15.1. The Morgan fingerprint density at radius 2 is 1.00 bits per heavy atom. The molecule has 2 aliphatic carbocycles. The maximum Gasteiger partial charge on any atom is 0.0716 e. The molecule has 13 rings (SSSR count). The average molecular weight is 774 g/mol. The summed E-state index contributed by atoms with van der Waals surface area (Å²) in [4.78, 5) is 0. The molecule has 1 nitrogen and oxygen atoms in total. The van der Waals surface area contributed by atoms with Gasteiger partial charge in [0.25, 0.3) is 0 Å². The molecule has 0 amide bonds. The van der Waals surface area contributed by atoms with E-state index < -0.39 is 5.41 Å². The van der Waals surface area contributed by atoms with Gasteiger partial charge in [-0.3, -0.25) is 0 Å². The second kappa shape index (κ2) is 13.1. The Morgan fingerprint density at radius 1 is 0.377 bits per heavy atom. The van der Waals surface area contributed by atoms with Gasteiger partial charge in [-0.05, 0) is 119 Å². The van der Waals surface area contributed by atoms with Crippen LogP contribution >= 0.6 is 0 Å². The van der Waals surface area contributed by atoms with Crippen LogP contribution in [0.3, 0.4) is 0 Å². The Labute approximate surface area is 355 Å². The molecule has 1 heterocycles. The summed E-state index contributed by atoms with van der Waals surface area (Å²) >= 11 is 0. The van der Waals surface area contributed by atoms with Crippen LogP contribution in [0.2, 0.25) is 0 Å². The van der Waals surface area contributed by atoms with Crippen LogP contribution in [0.15, 0.2) is 231 Å². The van der Waals surface area contributed by atoms with Crippen molar-refractivity contribution >= 4 is 32.6 Å². The van der Waals surface area contributed by atoms with Crippen LogP contribution in [0.5, 0.6) is 0 Å². The highest BCUT2D eigenvalue weighted by molar-refractivity contribution is 6.10. The molecule has 2 aliphatic rings. The van der Waals surface area contributed by atoms with Crippen molar-refractivity contribution in [2.24, 2.45) is 0 Å². The van der Waals surface area contributed by atoms with E-state index in [1.807, 2.05) is 0 Å². The number of para-hydroxylation sites is 2. The third kappa shape index (κ3) is 4.83. The molecule has 1 heteroatoms. The van der Waals surface area contributed by atoms with Gasteiger partial charge < -0.3 is 4.57 Å². The molecule has 0 saturated heterocycles. The van der Waals surface area contributed by atoms with Gasteiger partial charge in [0.2, 0.25) is 0 Å². The van der Waals surface area contributed by atoms with Crippen LogP contribution < -0.4 is 0 Å². The van der Waals surface area contributed by atoms with Gasteiger partial charge in [0.15, 0.2) is 0 Å². The lowest BCUT2D eigenvalue weighted by atomic mass is 9.65. The molecule has 1 atom stereocenters. The number of aromatic nitrogens is 1. The number of nitrogens with zero attached hydrogens (tertiary/aromatic N) is 1. The van der Waals surface area contributed by atoms with E-state index in [1.165, 1.54) is 111 Å². The van der Waals surface area contributed by atoms with Crippen LogP contribution in [0, 0.1) is 0 Å². The molecule has 0 spiro atoms. The Kier molecular flexibility index (Phi) is 7.35. The van der Waals surface area contributed by atoms with Crippen molar-refractivity contribution in [3.05, 3.63) is 269 Å². The molecule has 0 bridgehead atoms. The SMILES string of the molecule is c1ccc(-n2c3ccccc3c3cc(-c4ccc5c(c4)-c4ccc6c(c4C5c4ccc5ccccc5c4)C(c4ccccc4)(c4ccccc4)c4ccccc4-6)ccc32)cc1. The van der Waals surface area contributed by atoms with Crippen molar-refractivity contribution < 1.29 is 0 Å². The lowest BCUT2D eigenvalue weighted by Crippen LogP contribution is -2.30. The lowest BCUT2D eigenvalue weighted by molar-refractivity contribution is 0.752. The van der Waals surface area contributed by atoms with Crippen molar-refractivity contribution in [1.82, 2.24) is 4.57 Å². The molecular formula is C60H39N. The van der Waals surface area contributed by atoms with Crippen LogP contribution in [0.25, 0.3) is 71.6 Å². The van der Waals surface area contributed by atoms with Crippen LogP contribution in [0.4, 0.5) is 0 Å². The topological polar surface area (TPSA) is 4.93 Å². The smallest absolute Gasteiger partial charge is 0.0716 e. The number of hydrogen-bond donors (Lipinski definition) is 0. The van der Waals surface area contributed by atoms with E-state index in [4.69, 9.17) is 0 Å². The van der Waals surface area contributed by atoms with Gasteiger partial charge in [-0.15, -0.1) is 0 Å². The van der Waals surface area contributed by atoms with E-state index in [0.29, 0.717) is 0 Å². The summed E-state index contributed by atoms with van der Waals surface area (Å²) in [7, 11) is 0. The second-order valence-corrected chi connectivity index (χ2v) is 16.7. The minimum Gasteiger partial charge on any atom is -0.309 e. The van der Waals surface area contributed by atoms with E-state index in [9.17, 15) is 0 Å². The molecule has 0 N–H and O–H groups in total. The Morgan fingerprint density at radius 3 is 1.80 bits per heavy atom. The van der Waals surface area contributed by atoms with Gasteiger partial charge in [0.1, 0.15) is 0 Å². The molecule has 10 aromatic carbocycles. The first kappa shape index (κ1) is 34.2. The summed E-state index contributed by atoms with van der Waals surface area (Å²) in [6.45, 7) is 0. The van der Waals surface area contributed by atoms with E-state index in [0.717, 1.165) is 0 Å². The number of benzene rings is 10. The molecule has 1 aromatic heterocycles. The summed E-state index contributed by atoms with van der Waals surface area (Å²) in [6.07, 6.45) is 0. The first-order valence-electron chi connectivity index (χ1n) is 21.4. The summed E-state index contributed by atoms with van der Waals surface area (Å²) in [6, 6.07) is 86.2. The first-order chi connectivity index (χ1) is 30.3. The lowest BCUT2D eigenvalue weighted by Gasteiger charge is -2.36. The van der Waals surface area contributed by atoms with Crippen LogP contribution in [0.1, 0.15) is 44.9 Å². The van der Waals surface area contributed by atoms with Gasteiger partial charge >= 0.3 is 0 Å². The van der Waals surface area contributed by atoms with Gasteiger partial charge in [-0.25, -0.2) is 0 Å². The summed E-state index contributed by atoms with van der Waals surface area (Å²) in [5.41, 5.74) is 20.2. The van der Waals surface area contributed by atoms with E-state index in [1.54, 1.807) is 0 Å². The van der Waals surface area contributed by atoms with E-state index in [-0.39, 0.29) is 5.92 Å². The van der Waals surface area contributed by atoms with Crippen molar-refractivity contribution in [3.63, 3.8) is 0 Å². The maximum atomic E-state index is 2.48. The molecule has 11 aromatic rings. The third-order valence-corrected chi connectivity index (χ3v) is 13.7. The highest BCUT2D eigenvalue weighted by Crippen LogP contribution is 2.63. The van der Waals surface area contributed by atoms with Crippen molar-refractivity contribution in [3.8, 4) is 39.1 Å². The average Bonchev–Trinajstić information content (AvgIpc) is 3.96. The first-order valence-corrected chi connectivity index (χ1v) is 21.4. The normalized spacial score (nSPS) is 14.5. The molecular weight excluding hydrogens is 735 g/mol. The fourth-order valence-corrected chi connectivity index (χ4v) is 11.2. The van der Waals surface area contributed by atoms with Gasteiger partial charge in [-0.2, -0.15) is 0 Å². The molecule has 61 heavy (non-hydrogen) atoms. The fraction of sp³-hybridized carbons (Fsp3) is 0.0333. The predicted molar refractivity (Wildman–Crippen MR) is 254 cm³/mol. The second-order valence-electron chi connectivity index (χ2n) is 16.7. The molecule has 0 radical (unpaired) electrons. The van der Waals surface area contributed by atoms with Gasteiger partial charge in [0, 0.05) is 22.4 Å². The number of hydrogen-bond acceptors (Lipinski definition) is 0. The Bertz CT molecular complexity index is 3480. The minimum atomic E-state index is -0.516. The monoisotopic (exact) mass is 773 g/mol. The highest BCUT2D eigenvalue weighted by Gasteiger charge is 2.50. The number of fused-ring (bicyclic) bond motifs is 11. The molecule has 0 fully saturated rings. The summed E-state index contributed by atoms with van der Waals surface area (Å²) < 4.78 is 2.39. The molecule has 0 saturated carbocycles. The van der Waals surface area contributed by atoms with Gasteiger partial charge in [0.05, 0.1) is 16.4 Å². The number of rotatable bonds is 5. The zero-order valence-corrected chi connectivity index (χ0v) is 33.5. The van der Waals surface area contributed by atoms with E-state index >= 15 is 0 Å². The van der Waals surface area contributed by atoms with Crippen LogP contribution in [-0.2, 0) is 5.41 Å². The maximum absolute atomic E-state index is 2.48. The Balaban J connectivity index is 1.09. The third-order valence-electron chi connectivity index (χ3n) is 13.7. The van der Waals surface area contributed by atoms with Crippen molar-refractivity contribution in [2.75, 3.05) is 0 Å². The zero-order chi connectivity index (χ0) is 40.1. The van der Waals surface area contributed by atoms with E-state index in [2.05, 4.69) is 235 Å². The quantitative estimate of drug-likeness (QED) is 0.164. The summed E-state index contributed by atoms with van der Waals surface area (Å²) in [5, 5.41) is 5.05. The van der Waals surface area contributed by atoms with Crippen LogP contribution in [-0.4, -0.2) is 4.57 Å². The van der Waals surface area contributed by atoms with Gasteiger partial charge in [-0.1, -0.05) is 194 Å². The minimum absolute atomic E-state index is 0.0334. The summed E-state index contributed by atoms with van der Waals surface area (Å²) in [5.74, 6) is 0.0334. The fourth-order valence-electron chi connectivity index (χ4n) is 11.2. The zero-order valence-electron chi connectivity index (χ0n) is 33.5. The highest BCUT2D eigenvalue weighted by atomic mass is 15.0. The largest absolute Gasteiger partial charge is 0.309 e. The Hall–Kier alpha value is -7.74. The molecule has 0 aliphatic heterocycles.